The van der Waals surface area contributed by atoms with Crippen LogP contribution < -0.4 is 4.90 Å². The molecule has 0 spiro atoms. The molecule has 1 saturated heterocycles. The molecular formula is C25H25N5O5. The number of nitrogens with zero attached hydrogens (tertiary/aromatic N) is 5. The van der Waals surface area contributed by atoms with E-state index >= 15 is 0 Å². The smallest absolute Gasteiger partial charge is 0.329 e. The van der Waals surface area contributed by atoms with Crippen LogP contribution in [0.5, 0.6) is 0 Å². The normalized spacial score (nSPS) is 17.6. The Morgan fingerprint density at radius 1 is 0.943 bits per heavy atom. The van der Waals surface area contributed by atoms with Crippen LogP contribution in [-0.2, 0) is 27.3 Å². The van der Waals surface area contributed by atoms with Gasteiger partial charge >= 0.3 is 5.97 Å². The Morgan fingerprint density at radius 3 is 2.40 bits per heavy atom. The summed E-state index contributed by atoms with van der Waals surface area (Å²) in [5.74, 6) is -0.489. The summed E-state index contributed by atoms with van der Waals surface area (Å²) in [7, 11) is 0. The summed E-state index contributed by atoms with van der Waals surface area (Å²) in [5, 5.41) is 0. The number of esters is 1. The number of piperazine rings is 1. The van der Waals surface area contributed by atoms with Crippen LogP contribution in [0.15, 0.2) is 65.5 Å². The summed E-state index contributed by atoms with van der Waals surface area (Å²) in [4.78, 5) is 52.5. The van der Waals surface area contributed by atoms with Crippen LogP contribution in [0.1, 0.15) is 21.7 Å². The van der Waals surface area contributed by atoms with E-state index in [0.717, 1.165) is 11.1 Å². The van der Waals surface area contributed by atoms with Gasteiger partial charge in [0.2, 0.25) is 5.95 Å². The Kier molecular flexibility index (Phi) is 6.42. The van der Waals surface area contributed by atoms with Gasteiger partial charge < -0.3 is 23.9 Å². The van der Waals surface area contributed by atoms with Gasteiger partial charge in [-0.05, 0) is 29.3 Å². The standard InChI is InChI=1S/C25H25N5O5/c31-22(28-10-12-29(13-11-28)25-26-8-4-9-27-25)17-35-24(33)20-15-18-5-1-2-6-19(18)16-30(20)23(32)21-7-3-14-34-21/h1-9,14,20H,10-13,15-17H2/t20-/m0/s1. The van der Waals surface area contributed by atoms with Gasteiger partial charge in [0.15, 0.2) is 12.4 Å². The number of benzene rings is 1. The minimum Gasteiger partial charge on any atom is -0.459 e. The molecule has 35 heavy (non-hydrogen) atoms. The summed E-state index contributed by atoms with van der Waals surface area (Å²) in [6, 6.07) is 11.8. The van der Waals surface area contributed by atoms with Gasteiger partial charge in [0.05, 0.1) is 6.26 Å². The molecule has 3 aromatic rings. The van der Waals surface area contributed by atoms with Crippen LogP contribution in [0.3, 0.4) is 0 Å². The van der Waals surface area contributed by atoms with Crippen molar-refractivity contribution in [2.45, 2.75) is 19.0 Å². The average molecular weight is 476 g/mol. The molecule has 1 fully saturated rings. The third-order valence-corrected chi connectivity index (χ3v) is 6.32. The van der Waals surface area contributed by atoms with Crippen molar-refractivity contribution in [3.63, 3.8) is 0 Å². The molecule has 0 aliphatic carbocycles. The molecule has 10 nitrogen and oxygen atoms in total. The Labute approximate surface area is 202 Å². The summed E-state index contributed by atoms with van der Waals surface area (Å²) < 4.78 is 10.7. The van der Waals surface area contributed by atoms with E-state index in [9.17, 15) is 14.4 Å². The first-order chi connectivity index (χ1) is 17.1. The van der Waals surface area contributed by atoms with Gasteiger partial charge in [0, 0.05) is 51.5 Å². The molecule has 2 aliphatic heterocycles. The van der Waals surface area contributed by atoms with Crippen LogP contribution in [0.4, 0.5) is 5.95 Å². The molecule has 2 amide bonds. The van der Waals surface area contributed by atoms with E-state index in [-0.39, 0.29) is 24.8 Å². The Morgan fingerprint density at radius 2 is 1.69 bits per heavy atom. The second-order valence-electron chi connectivity index (χ2n) is 8.42. The van der Waals surface area contributed by atoms with Gasteiger partial charge in [-0.25, -0.2) is 14.8 Å². The van der Waals surface area contributed by atoms with Crippen molar-refractivity contribution >= 4 is 23.7 Å². The molecule has 2 aromatic heterocycles. The molecular weight excluding hydrogens is 450 g/mol. The first-order valence-corrected chi connectivity index (χ1v) is 11.5. The summed E-state index contributed by atoms with van der Waals surface area (Å²) in [6.45, 7) is 2.03. The van der Waals surface area contributed by atoms with Crippen molar-refractivity contribution in [3.8, 4) is 0 Å². The highest BCUT2D eigenvalue weighted by atomic mass is 16.5. The predicted molar refractivity (Wildman–Crippen MR) is 124 cm³/mol. The number of carbonyl (C=O) groups is 3. The molecule has 0 unspecified atom stereocenters. The van der Waals surface area contributed by atoms with Crippen molar-refractivity contribution in [1.82, 2.24) is 19.8 Å². The molecule has 0 radical (unpaired) electrons. The van der Waals surface area contributed by atoms with Crippen molar-refractivity contribution in [2.24, 2.45) is 0 Å². The lowest BCUT2D eigenvalue weighted by atomic mass is 9.93. The van der Waals surface area contributed by atoms with Crippen molar-refractivity contribution in [3.05, 3.63) is 78.0 Å². The largest absolute Gasteiger partial charge is 0.459 e. The highest BCUT2D eigenvalue weighted by molar-refractivity contribution is 5.95. The predicted octanol–water partition coefficient (Wildman–Crippen LogP) is 1.53. The van der Waals surface area contributed by atoms with Crippen LogP contribution in [0.25, 0.3) is 0 Å². The molecule has 5 rings (SSSR count). The minimum absolute atomic E-state index is 0.151. The number of amides is 2. The lowest BCUT2D eigenvalue weighted by molar-refractivity contribution is -0.156. The fraction of sp³-hybridized carbons (Fsp3) is 0.320. The zero-order valence-corrected chi connectivity index (χ0v) is 19.1. The van der Waals surface area contributed by atoms with E-state index in [1.165, 1.54) is 11.2 Å². The second kappa shape index (κ2) is 9.96. The van der Waals surface area contributed by atoms with Gasteiger partial charge in [-0.3, -0.25) is 9.59 Å². The number of hydrogen-bond donors (Lipinski definition) is 0. The van der Waals surface area contributed by atoms with E-state index in [4.69, 9.17) is 9.15 Å². The highest BCUT2D eigenvalue weighted by Crippen LogP contribution is 2.26. The van der Waals surface area contributed by atoms with Gasteiger partial charge in [-0.15, -0.1) is 0 Å². The molecule has 10 heteroatoms. The van der Waals surface area contributed by atoms with Crippen LogP contribution in [0, 0.1) is 0 Å². The lowest BCUT2D eigenvalue weighted by Crippen LogP contribution is -2.52. The number of furan rings is 1. The monoisotopic (exact) mass is 475 g/mol. The fourth-order valence-electron chi connectivity index (χ4n) is 4.42. The molecule has 1 atom stereocenters. The van der Waals surface area contributed by atoms with Crippen LogP contribution >= 0.6 is 0 Å². The zero-order chi connectivity index (χ0) is 24.2. The third-order valence-electron chi connectivity index (χ3n) is 6.32. The maximum Gasteiger partial charge on any atom is 0.329 e. The first kappa shape index (κ1) is 22.6. The van der Waals surface area contributed by atoms with Crippen molar-refractivity contribution < 1.29 is 23.5 Å². The maximum absolute atomic E-state index is 13.1. The number of rotatable bonds is 5. The third kappa shape index (κ3) is 4.86. The van der Waals surface area contributed by atoms with Crippen LogP contribution in [0.2, 0.25) is 0 Å². The number of fused-ring (bicyclic) bond motifs is 1. The number of ether oxygens (including phenoxy) is 1. The quantitative estimate of drug-likeness (QED) is 0.511. The number of hydrogen-bond acceptors (Lipinski definition) is 8. The van der Waals surface area contributed by atoms with Crippen LogP contribution in [-0.4, -0.2) is 76.4 Å². The van der Waals surface area contributed by atoms with Gasteiger partial charge in [-0.1, -0.05) is 24.3 Å². The summed E-state index contributed by atoms with van der Waals surface area (Å²) in [6.07, 6.45) is 5.10. The van der Waals surface area contributed by atoms with Gasteiger partial charge in [0.1, 0.15) is 6.04 Å². The van der Waals surface area contributed by atoms with E-state index < -0.39 is 17.9 Å². The Bertz CT molecular complexity index is 1190. The summed E-state index contributed by atoms with van der Waals surface area (Å²) in [5.41, 5.74) is 1.94. The van der Waals surface area contributed by atoms with Gasteiger partial charge in [-0.2, -0.15) is 0 Å². The van der Waals surface area contributed by atoms with Gasteiger partial charge in [0.25, 0.3) is 11.8 Å². The molecule has 0 bridgehead atoms. The maximum atomic E-state index is 13.1. The minimum atomic E-state index is -0.845. The molecule has 4 heterocycles. The second-order valence-corrected chi connectivity index (χ2v) is 8.42. The Balaban J connectivity index is 1.21. The Hall–Kier alpha value is -4.21. The van der Waals surface area contributed by atoms with Crippen molar-refractivity contribution in [2.75, 3.05) is 37.7 Å². The topological polar surface area (TPSA) is 109 Å². The van der Waals surface area contributed by atoms with Crippen molar-refractivity contribution in [1.29, 1.82) is 0 Å². The average Bonchev–Trinajstić information content (AvgIpc) is 3.46. The molecule has 2 aliphatic rings. The molecule has 1 aromatic carbocycles. The number of anilines is 1. The van der Waals surface area contributed by atoms with E-state index in [2.05, 4.69) is 9.97 Å². The summed E-state index contributed by atoms with van der Waals surface area (Å²) >= 11 is 0. The number of carbonyl (C=O) groups excluding carboxylic acids is 3. The fourth-order valence-corrected chi connectivity index (χ4v) is 4.42. The van der Waals surface area contributed by atoms with E-state index in [1.54, 1.807) is 35.5 Å². The molecule has 0 N–H and O–H groups in total. The highest BCUT2D eigenvalue weighted by Gasteiger charge is 2.37. The lowest BCUT2D eigenvalue weighted by Gasteiger charge is -2.36. The van der Waals surface area contributed by atoms with E-state index in [0.29, 0.717) is 38.5 Å². The number of aromatic nitrogens is 2. The SMILES string of the molecule is O=C(OCC(=O)N1CCN(c2ncccn2)CC1)[C@@H]1Cc2ccccc2CN1C(=O)c1ccco1. The van der Waals surface area contributed by atoms with E-state index in [1.807, 2.05) is 29.2 Å². The molecule has 0 saturated carbocycles. The molecule has 180 valence electrons. The zero-order valence-electron chi connectivity index (χ0n) is 19.1. The first-order valence-electron chi connectivity index (χ1n) is 11.5.